The van der Waals surface area contributed by atoms with Gasteiger partial charge in [0.15, 0.2) is 5.17 Å². The van der Waals surface area contributed by atoms with Gasteiger partial charge >= 0.3 is 0 Å². The average molecular weight is 269 g/mol. The zero-order valence-corrected chi connectivity index (χ0v) is 12.9. The lowest BCUT2D eigenvalue weighted by Gasteiger charge is -2.33. The third-order valence-electron chi connectivity index (χ3n) is 3.81. The van der Waals surface area contributed by atoms with E-state index in [1.807, 2.05) is 11.8 Å². The molecule has 18 heavy (non-hydrogen) atoms. The van der Waals surface area contributed by atoms with Crippen LogP contribution in [0.5, 0.6) is 0 Å². The first-order valence-corrected chi connectivity index (χ1v) is 8.25. The van der Waals surface area contributed by atoms with Crippen LogP contribution in [-0.2, 0) is 0 Å². The minimum absolute atomic E-state index is 0.227. The summed E-state index contributed by atoms with van der Waals surface area (Å²) < 4.78 is 0. The predicted octanol–water partition coefficient (Wildman–Crippen LogP) is 2.72. The molecule has 3 nitrogen and oxygen atoms in total. The maximum atomic E-state index is 4.67. The number of nitrogens with zero attached hydrogens (tertiary/aromatic N) is 2. The summed E-state index contributed by atoms with van der Waals surface area (Å²) >= 11 is 1.86. The van der Waals surface area contributed by atoms with Gasteiger partial charge in [-0.25, -0.2) is 0 Å². The quantitative estimate of drug-likeness (QED) is 0.795. The Labute approximate surface area is 116 Å². The van der Waals surface area contributed by atoms with Crippen LogP contribution in [0.25, 0.3) is 0 Å². The van der Waals surface area contributed by atoms with Crippen LogP contribution in [-0.4, -0.2) is 47.0 Å². The molecule has 0 spiro atoms. The first-order chi connectivity index (χ1) is 8.57. The molecule has 2 rings (SSSR count). The summed E-state index contributed by atoms with van der Waals surface area (Å²) in [6.07, 6.45) is 5.36. The molecule has 1 unspecified atom stereocenters. The maximum absolute atomic E-state index is 4.67. The van der Waals surface area contributed by atoms with E-state index in [4.69, 9.17) is 0 Å². The number of amidine groups is 1. The van der Waals surface area contributed by atoms with E-state index in [1.165, 1.54) is 38.8 Å². The molecule has 2 aliphatic rings. The summed E-state index contributed by atoms with van der Waals surface area (Å²) in [4.78, 5) is 7.30. The summed E-state index contributed by atoms with van der Waals surface area (Å²) in [6.45, 7) is 10.3. The largest absolute Gasteiger partial charge is 0.359 e. The number of thioether (sulfide) groups is 1. The van der Waals surface area contributed by atoms with Crippen molar-refractivity contribution in [3.05, 3.63) is 0 Å². The molecule has 1 atom stereocenters. The van der Waals surface area contributed by atoms with Crippen molar-refractivity contribution in [2.24, 2.45) is 4.99 Å². The van der Waals surface area contributed by atoms with E-state index in [9.17, 15) is 0 Å². The van der Waals surface area contributed by atoms with Gasteiger partial charge in [-0.15, -0.1) is 0 Å². The summed E-state index contributed by atoms with van der Waals surface area (Å²) in [6, 6.07) is 0.782. The molecule has 2 heterocycles. The van der Waals surface area contributed by atoms with Crippen molar-refractivity contribution < 1.29 is 0 Å². The molecule has 2 saturated heterocycles. The Balaban J connectivity index is 1.65. The second kappa shape index (κ2) is 6.29. The zero-order valence-electron chi connectivity index (χ0n) is 12.0. The Morgan fingerprint density at radius 2 is 2.28 bits per heavy atom. The second-order valence-electron chi connectivity index (χ2n) is 6.22. The first-order valence-electron chi connectivity index (χ1n) is 7.26. The van der Waals surface area contributed by atoms with Gasteiger partial charge in [0.1, 0.15) is 0 Å². The van der Waals surface area contributed by atoms with Crippen molar-refractivity contribution in [3.8, 4) is 0 Å². The van der Waals surface area contributed by atoms with Crippen LogP contribution in [0.15, 0.2) is 4.99 Å². The van der Waals surface area contributed by atoms with E-state index in [0.717, 1.165) is 23.5 Å². The molecule has 0 bridgehead atoms. The van der Waals surface area contributed by atoms with E-state index in [2.05, 4.69) is 36.0 Å². The molecular formula is C14H27N3S. The number of likely N-dealkylation sites (tertiary alicyclic amines) is 1. The zero-order chi connectivity index (χ0) is 13.0. The Bertz CT molecular complexity index is 301. The van der Waals surface area contributed by atoms with Crippen molar-refractivity contribution in [1.82, 2.24) is 10.2 Å². The average Bonchev–Trinajstić information content (AvgIpc) is 2.67. The maximum Gasteiger partial charge on any atom is 0.157 e. The lowest BCUT2D eigenvalue weighted by molar-refractivity contribution is 0.160. The smallest absolute Gasteiger partial charge is 0.157 e. The van der Waals surface area contributed by atoms with E-state index in [-0.39, 0.29) is 5.54 Å². The van der Waals surface area contributed by atoms with Crippen LogP contribution in [0, 0.1) is 0 Å². The minimum atomic E-state index is 0.227. The Morgan fingerprint density at radius 1 is 1.44 bits per heavy atom. The van der Waals surface area contributed by atoms with Crippen molar-refractivity contribution in [2.45, 2.75) is 58.0 Å². The molecule has 4 heteroatoms. The Kier molecular flexibility index (Phi) is 4.96. The van der Waals surface area contributed by atoms with E-state index in [0.29, 0.717) is 0 Å². The highest BCUT2D eigenvalue weighted by Gasteiger charge is 2.27. The standard InChI is InChI=1S/C14H27N3S/c1-12-7-4-5-9-17(12)10-6-8-15-13-16-14(2,3)11-18-13/h12H,4-11H2,1-3H3,(H,15,16). The van der Waals surface area contributed by atoms with Crippen LogP contribution in [0.4, 0.5) is 0 Å². The normalized spacial score (nSPS) is 30.6. The number of hydrogen-bond donors (Lipinski definition) is 1. The molecule has 0 saturated carbocycles. The lowest BCUT2D eigenvalue weighted by Crippen LogP contribution is -2.38. The van der Waals surface area contributed by atoms with E-state index >= 15 is 0 Å². The van der Waals surface area contributed by atoms with Crippen molar-refractivity contribution >= 4 is 16.9 Å². The fourth-order valence-electron chi connectivity index (χ4n) is 2.64. The molecule has 2 aliphatic heterocycles. The van der Waals surface area contributed by atoms with Gasteiger partial charge in [-0.05, 0) is 46.6 Å². The highest BCUT2D eigenvalue weighted by atomic mass is 32.2. The number of nitrogens with one attached hydrogen (secondary N) is 1. The Hall–Kier alpha value is -0.220. The summed E-state index contributed by atoms with van der Waals surface area (Å²) in [5, 5.41) is 4.62. The van der Waals surface area contributed by atoms with Crippen LogP contribution < -0.4 is 5.32 Å². The van der Waals surface area contributed by atoms with Crippen LogP contribution in [0.2, 0.25) is 0 Å². The van der Waals surface area contributed by atoms with Crippen LogP contribution in [0.3, 0.4) is 0 Å². The molecular weight excluding hydrogens is 242 g/mol. The van der Waals surface area contributed by atoms with Gasteiger partial charge in [-0.3, -0.25) is 4.99 Å². The summed E-state index contributed by atoms with van der Waals surface area (Å²) in [7, 11) is 0. The van der Waals surface area contributed by atoms with Crippen molar-refractivity contribution in [1.29, 1.82) is 0 Å². The number of piperidine rings is 1. The number of rotatable bonds is 4. The molecule has 1 N–H and O–H groups in total. The molecule has 0 radical (unpaired) electrons. The summed E-state index contributed by atoms with van der Waals surface area (Å²) in [5.41, 5.74) is 0.227. The SMILES string of the molecule is CC1CCCCN1CCCN=C1NC(C)(C)CS1. The van der Waals surface area contributed by atoms with Crippen molar-refractivity contribution in [2.75, 3.05) is 25.4 Å². The molecule has 0 aromatic heterocycles. The number of aliphatic imine (C=N–C) groups is 1. The third kappa shape index (κ3) is 4.16. The van der Waals surface area contributed by atoms with Gasteiger partial charge < -0.3 is 10.2 Å². The number of hydrogen-bond acceptors (Lipinski definition) is 3. The lowest BCUT2D eigenvalue weighted by atomic mass is 10.0. The van der Waals surface area contributed by atoms with Crippen LogP contribution in [0.1, 0.15) is 46.5 Å². The Morgan fingerprint density at radius 3 is 2.94 bits per heavy atom. The highest BCUT2D eigenvalue weighted by molar-refractivity contribution is 8.14. The van der Waals surface area contributed by atoms with Crippen LogP contribution >= 0.6 is 11.8 Å². The minimum Gasteiger partial charge on any atom is -0.359 e. The second-order valence-corrected chi connectivity index (χ2v) is 7.18. The topological polar surface area (TPSA) is 27.6 Å². The molecule has 0 amide bonds. The van der Waals surface area contributed by atoms with Gasteiger partial charge in [-0.1, -0.05) is 18.2 Å². The predicted molar refractivity (Wildman–Crippen MR) is 81.5 cm³/mol. The van der Waals surface area contributed by atoms with E-state index in [1.54, 1.807) is 0 Å². The monoisotopic (exact) mass is 269 g/mol. The van der Waals surface area contributed by atoms with Gasteiger partial charge in [0.2, 0.25) is 0 Å². The first kappa shape index (κ1) is 14.2. The van der Waals surface area contributed by atoms with Gasteiger partial charge in [0.25, 0.3) is 0 Å². The van der Waals surface area contributed by atoms with Crippen molar-refractivity contribution in [3.63, 3.8) is 0 Å². The molecule has 0 aliphatic carbocycles. The van der Waals surface area contributed by atoms with Gasteiger partial charge in [-0.2, -0.15) is 0 Å². The highest BCUT2D eigenvalue weighted by Crippen LogP contribution is 2.22. The molecule has 104 valence electrons. The van der Waals surface area contributed by atoms with Gasteiger partial charge in [0, 0.05) is 30.4 Å². The van der Waals surface area contributed by atoms with Gasteiger partial charge in [0.05, 0.1) is 0 Å². The third-order valence-corrected chi connectivity index (χ3v) is 5.19. The van der Waals surface area contributed by atoms with E-state index < -0.39 is 0 Å². The fraction of sp³-hybridized carbons (Fsp3) is 0.929. The molecule has 2 fully saturated rings. The summed E-state index contributed by atoms with van der Waals surface area (Å²) in [5.74, 6) is 1.13. The molecule has 0 aromatic carbocycles. The fourth-order valence-corrected chi connectivity index (χ4v) is 3.74. The molecule has 0 aromatic rings.